The number of hydrogen-bond acceptors (Lipinski definition) is 6. The van der Waals surface area contributed by atoms with Gasteiger partial charge in [-0.3, -0.25) is 4.79 Å². The minimum absolute atomic E-state index is 0.0928. The van der Waals surface area contributed by atoms with Gasteiger partial charge in [0, 0.05) is 6.54 Å². The second kappa shape index (κ2) is 8.60. The fourth-order valence-electron chi connectivity index (χ4n) is 0.974. The Balaban J connectivity index is 3.64. The minimum Gasteiger partial charge on any atom is -0.466 e. The number of carbonyl (C=O) groups excluding carboxylic acids is 1. The van der Waals surface area contributed by atoms with Crippen LogP contribution in [0.3, 0.4) is 0 Å². The van der Waals surface area contributed by atoms with Crippen LogP contribution in [0.25, 0.3) is 0 Å². The van der Waals surface area contributed by atoms with Crippen molar-refractivity contribution in [1.82, 2.24) is 5.32 Å². The van der Waals surface area contributed by atoms with Crippen molar-refractivity contribution in [3.05, 3.63) is 0 Å². The summed E-state index contributed by atoms with van der Waals surface area (Å²) < 4.78 is 4.65. The Morgan fingerprint density at radius 1 is 1.40 bits per heavy atom. The van der Waals surface area contributed by atoms with Crippen LogP contribution in [0, 0.1) is 0 Å². The number of aliphatic hydroxyl groups excluding tert-OH is 3. The van der Waals surface area contributed by atoms with E-state index in [2.05, 4.69) is 10.1 Å². The van der Waals surface area contributed by atoms with Gasteiger partial charge in [0.2, 0.25) is 0 Å². The second-order valence-corrected chi connectivity index (χ2v) is 3.13. The van der Waals surface area contributed by atoms with E-state index < -0.39 is 18.1 Å². The first-order valence-electron chi connectivity index (χ1n) is 4.92. The van der Waals surface area contributed by atoms with Crippen molar-refractivity contribution in [2.45, 2.75) is 25.5 Å². The number of esters is 1. The van der Waals surface area contributed by atoms with E-state index in [-0.39, 0.29) is 32.8 Å². The molecule has 0 amide bonds. The molecule has 0 rings (SSSR count). The molecule has 0 aliphatic heterocycles. The third-order valence-corrected chi connectivity index (χ3v) is 1.79. The maximum Gasteiger partial charge on any atom is 0.308 e. The van der Waals surface area contributed by atoms with Crippen LogP contribution >= 0.6 is 0 Å². The maximum absolute atomic E-state index is 10.9. The lowest BCUT2D eigenvalue weighted by atomic mass is 10.2. The zero-order chi connectivity index (χ0) is 11.7. The first-order valence-corrected chi connectivity index (χ1v) is 4.92. The van der Waals surface area contributed by atoms with Crippen LogP contribution in [-0.4, -0.2) is 59.8 Å². The quantitative estimate of drug-likeness (QED) is 0.363. The first kappa shape index (κ1) is 14.3. The highest BCUT2D eigenvalue weighted by molar-refractivity contribution is 5.69. The van der Waals surface area contributed by atoms with Crippen molar-refractivity contribution in [2.24, 2.45) is 0 Å². The molecular formula is C9H19NO5. The van der Waals surface area contributed by atoms with E-state index in [1.54, 1.807) is 6.92 Å². The molecule has 0 spiro atoms. The van der Waals surface area contributed by atoms with Gasteiger partial charge in [0.25, 0.3) is 0 Å². The smallest absolute Gasteiger partial charge is 0.308 e. The minimum atomic E-state index is -0.871. The van der Waals surface area contributed by atoms with Crippen LogP contribution < -0.4 is 5.32 Å². The molecule has 1 atom stereocenters. The zero-order valence-corrected chi connectivity index (χ0v) is 8.85. The molecule has 0 fully saturated rings. The summed E-state index contributed by atoms with van der Waals surface area (Å²) in [5.74, 6) is -0.462. The van der Waals surface area contributed by atoms with E-state index in [0.29, 0.717) is 0 Å². The number of carbonyl (C=O) groups is 1. The lowest BCUT2D eigenvalue weighted by Crippen LogP contribution is -2.41. The molecule has 0 saturated heterocycles. The summed E-state index contributed by atoms with van der Waals surface area (Å²) in [6, 6.07) is -0.471. The van der Waals surface area contributed by atoms with Gasteiger partial charge in [0.15, 0.2) is 0 Å². The molecule has 0 aromatic carbocycles. The molecule has 0 aromatic heterocycles. The van der Waals surface area contributed by atoms with Gasteiger partial charge in [-0.15, -0.1) is 0 Å². The summed E-state index contributed by atoms with van der Waals surface area (Å²) in [5.41, 5.74) is 0. The van der Waals surface area contributed by atoms with Gasteiger partial charge in [0.05, 0.1) is 38.4 Å². The molecule has 0 heterocycles. The average Bonchev–Trinajstić information content (AvgIpc) is 2.19. The molecule has 6 nitrogen and oxygen atoms in total. The second-order valence-electron chi connectivity index (χ2n) is 3.13. The molecule has 90 valence electrons. The van der Waals surface area contributed by atoms with Gasteiger partial charge in [0.1, 0.15) is 0 Å². The highest BCUT2D eigenvalue weighted by Crippen LogP contribution is 1.94. The maximum atomic E-state index is 10.9. The fraction of sp³-hybridized carbons (Fsp3) is 0.889. The Hall–Kier alpha value is -0.690. The molecule has 6 heteroatoms. The molecule has 0 aromatic rings. The van der Waals surface area contributed by atoms with Gasteiger partial charge in [-0.25, -0.2) is 0 Å². The number of rotatable bonds is 8. The number of aliphatic hydroxyl groups is 3. The standard InChI is InChI=1S/C9H19NO5/c1-2-15-9(14)3-8(13)4-10-7(5-11)6-12/h7-8,10-13H,2-6H2,1H3. The Morgan fingerprint density at radius 3 is 2.47 bits per heavy atom. The Kier molecular flexibility index (Phi) is 8.21. The van der Waals surface area contributed by atoms with Crippen molar-refractivity contribution in [2.75, 3.05) is 26.4 Å². The molecule has 0 aliphatic carbocycles. The van der Waals surface area contributed by atoms with Gasteiger partial charge in [-0.1, -0.05) is 0 Å². The topological polar surface area (TPSA) is 99.0 Å². The summed E-state index contributed by atoms with van der Waals surface area (Å²) >= 11 is 0. The van der Waals surface area contributed by atoms with E-state index in [1.807, 2.05) is 0 Å². The molecule has 0 bridgehead atoms. The zero-order valence-electron chi connectivity index (χ0n) is 8.85. The molecule has 0 aliphatic rings. The number of ether oxygens (including phenoxy) is 1. The monoisotopic (exact) mass is 221 g/mol. The lowest BCUT2D eigenvalue weighted by molar-refractivity contribution is -0.145. The largest absolute Gasteiger partial charge is 0.466 e. The highest BCUT2D eigenvalue weighted by atomic mass is 16.5. The third kappa shape index (κ3) is 7.26. The molecule has 4 N–H and O–H groups in total. The SMILES string of the molecule is CCOC(=O)CC(O)CNC(CO)CO. The van der Waals surface area contributed by atoms with Gasteiger partial charge >= 0.3 is 5.97 Å². The van der Waals surface area contributed by atoms with Crippen molar-refractivity contribution in [3.63, 3.8) is 0 Å². The van der Waals surface area contributed by atoms with Crippen LogP contribution in [0.1, 0.15) is 13.3 Å². The van der Waals surface area contributed by atoms with Crippen LogP contribution in [-0.2, 0) is 9.53 Å². The summed E-state index contributed by atoms with van der Waals surface area (Å²) in [5, 5.41) is 29.5. The Bertz CT molecular complexity index is 172. The van der Waals surface area contributed by atoms with E-state index in [9.17, 15) is 9.90 Å². The predicted molar refractivity (Wildman–Crippen MR) is 53.2 cm³/mol. The van der Waals surface area contributed by atoms with E-state index in [1.165, 1.54) is 0 Å². The van der Waals surface area contributed by atoms with Crippen LogP contribution in [0.15, 0.2) is 0 Å². The number of hydrogen-bond donors (Lipinski definition) is 4. The normalized spacial score (nSPS) is 12.9. The van der Waals surface area contributed by atoms with E-state index in [4.69, 9.17) is 10.2 Å². The summed E-state index contributed by atoms with van der Waals surface area (Å²) in [6.45, 7) is 1.67. The van der Waals surface area contributed by atoms with Crippen molar-refractivity contribution >= 4 is 5.97 Å². The summed E-state index contributed by atoms with van der Waals surface area (Å²) in [6.07, 6.45) is -0.964. The first-order chi connectivity index (χ1) is 7.13. The molecule has 1 unspecified atom stereocenters. The van der Waals surface area contributed by atoms with Crippen molar-refractivity contribution in [1.29, 1.82) is 0 Å². The summed E-state index contributed by atoms with van der Waals surface area (Å²) in [7, 11) is 0. The third-order valence-electron chi connectivity index (χ3n) is 1.79. The van der Waals surface area contributed by atoms with Crippen LogP contribution in [0.5, 0.6) is 0 Å². The Labute approximate surface area is 88.9 Å². The molecule has 0 saturated carbocycles. The van der Waals surface area contributed by atoms with Crippen LogP contribution in [0.4, 0.5) is 0 Å². The number of nitrogens with one attached hydrogen (secondary N) is 1. The lowest BCUT2D eigenvalue weighted by Gasteiger charge is -2.16. The van der Waals surface area contributed by atoms with Crippen molar-refractivity contribution < 1.29 is 24.9 Å². The van der Waals surface area contributed by atoms with Gasteiger partial charge < -0.3 is 25.4 Å². The fourth-order valence-corrected chi connectivity index (χ4v) is 0.974. The van der Waals surface area contributed by atoms with Gasteiger partial charge in [-0.2, -0.15) is 0 Å². The van der Waals surface area contributed by atoms with Crippen LogP contribution in [0.2, 0.25) is 0 Å². The highest BCUT2D eigenvalue weighted by Gasteiger charge is 2.13. The van der Waals surface area contributed by atoms with Gasteiger partial charge in [-0.05, 0) is 6.92 Å². The average molecular weight is 221 g/mol. The predicted octanol–water partition coefficient (Wildman–Crippen LogP) is -1.76. The molecular weight excluding hydrogens is 202 g/mol. The molecule has 0 radical (unpaired) electrons. The summed E-state index contributed by atoms with van der Waals surface area (Å²) in [4.78, 5) is 10.9. The van der Waals surface area contributed by atoms with E-state index >= 15 is 0 Å². The van der Waals surface area contributed by atoms with E-state index in [0.717, 1.165) is 0 Å². The van der Waals surface area contributed by atoms with Crippen molar-refractivity contribution in [3.8, 4) is 0 Å². The molecule has 15 heavy (non-hydrogen) atoms. The Morgan fingerprint density at radius 2 is 2.00 bits per heavy atom.